The fourth-order valence-corrected chi connectivity index (χ4v) is 2.58. The molecule has 19 heavy (non-hydrogen) atoms. The van der Waals surface area contributed by atoms with E-state index in [-0.39, 0.29) is 11.9 Å². The zero-order valence-electron chi connectivity index (χ0n) is 12.1. The molecule has 1 heterocycles. The highest BCUT2D eigenvalue weighted by atomic mass is 16.2. The number of nitrogens with zero attached hydrogens (tertiary/aromatic N) is 3. The molecule has 6 heteroatoms. The smallest absolute Gasteiger partial charge is 0.319 e. The van der Waals surface area contributed by atoms with E-state index in [1.807, 2.05) is 6.92 Å². The highest BCUT2D eigenvalue weighted by molar-refractivity contribution is 5.86. The Morgan fingerprint density at radius 1 is 1.11 bits per heavy atom. The van der Waals surface area contributed by atoms with E-state index in [1.54, 1.807) is 28.8 Å². The molecule has 2 aliphatic rings. The summed E-state index contributed by atoms with van der Waals surface area (Å²) >= 11 is 0. The van der Waals surface area contributed by atoms with Gasteiger partial charge in [-0.3, -0.25) is 4.79 Å². The molecule has 1 saturated heterocycles. The summed E-state index contributed by atoms with van der Waals surface area (Å²) in [6.45, 7) is 4.17. The summed E-state index contributed by atoms with van der Waals surface area (Å²) in [6, 6.07) is 0.00445. The van der Waals surface area contributed by atoms with Crippen LogP contribution in [0.5, 0.6) is 0 Å². The zero-order chi connectivity index (χ0) is 14.2. The molecule has 0 spiro atoms. The second-order valence-electron chi connectivity index (χ2n) is 6.01. The summed E-state index contributed by atoms with van der Waals surface area (Å²) in [5, 5.41) is 0. The second kappa shape index (κ2) is 5.00. The molecule has 1 saturated carbocycles. The summed E-state index contributed by atoms with van der Waals surface area (Å²) in [5.74, 6) is 0.369. The van der Waals surface area contributed by atoms with Crippen molar-refractivity contribution in [1.82, 2.24) is 14.7 Å². The van der Waals surface area contributed by atoms with E-state index in [1.165, 1.54) is 0 Å². The van der Waals surface area contributed by atoms with E-state index in [0.717, 1.165) is 12.8 Å². The Balaban J connectivity index is 1.89. The number of hydrogen-bond acceptors (Lipinski definition) is 3. The number of urea groups is 1. The summed E-state index contributed by atoms with van der Waals surface area (Å²) in [4.78, 5) is 29.4. The molecule has 6 nitrogen and oxygen atoms in total. The van der Waals surface area contributed by atoms with Crippen molar-refractivity contribution in [3.63, 3.8) is 0 Å². The van der Waals surface area contributed by atoms with E-state index >= 15 is 0 Å². The van der Waals surface area contributed by atoms with Gasteiger partial charge >= 0.3 is 6.03 Å². The predicted octanol–water partition coefficient (Wildman–Crippen LogP) is -0.0604. The molecule has 1 aliphatic carbocycles. The molecule has 1 aliphatic heterocycles. The molecule has 0 aromatic heterocycles. The lowest BCUT2D eigenvalue weighted by Gasteiger charge is -2.39. The Kier molecular flexibility index (Phi) is 3.71. The maximum Gasteiger partial charge on any atom is 0.319 e. The third-order valence-electron chi connectivity index (χ3n) is 4.11. The first-order valence-electron chi connectivity index (χ1n) is 6.88. The Morgan fingerprint density at radius 2 is 1.58 bits per heavy atom. The van der Waals surface area contributed by atoms with Crippen LogP contribution in [-0.2, 0) is 4.79 Å². The van der Waals surface area contributed by atoms with Crippen LogP contribution in [0.4, 0.5) is 4.79 Å². The van der Waals surface area contributed by atoms with Gasteiger partial charge in [-0.05, 0) is 25.7 Å². The van der Waals surface area contributed by atoms with Crippen LogP contribution < -0.4 is 5.73 Å². The predicted molar refractivity (Wildman–Crippen MR) is 72.6 cm³/mol. The van der Waals surface area contributed by atoms with Crippen molar-refractivity contribution in [2.45, 2.75) is 25.3 Å². The Hall–Kier alpha value is -1.30. The minimum Gasteiger partial charge on any atom is -0.338 e. The third kappa shape index (κ3) is 2.83. The Labute approximate surface area is 114 Å². The fourth-order valence-electron chi connectivity index (χ4n) is 2.58. The average molecular weight is 268 g/mol. The van der Waals surface area contributed by atoms with Crippen molar-refractivity contribution in [2.24, 2.45) is 11.7 Å². The molecule has 2 rings (SSSR count). The molecule has 1 unspecified atom stereocenters. The SMILES string of the molecule is CN(C)C(=O)N1CCN(C(=O)C(C)(N)C2CC2)CC1. The van der Waals surface area contributed by atoms with Crippen LogP contribution in [0.2, 0.25) is 0 Å². The number of piperazine rings is 1. The van der Waals surface area contributed by atoms with E-state index in [4.69, 9.17) is 5.73 Å². The van der Waals surface area contributed by atoms with Gasteiger partial charge in [-0.1, -0.05) is 0 Å². The first-order valence-corrected chi connectivity index (χ1v) is 6.88. The van der Waals surface area contributed by atoms with Crippen LogP contribution in [0.15, 0.2) is 0 Å². The van der Waals surface area contributed by atoms with Crippen LogP contribution in [0, 0.1) is 5.92 Å². The van der Waals surface area contributed by atoms with Crippen molar-refractivity contribution in [3.8, 4) is 0 Å². The summed E-state index contributed by atoms with van der Waals surface area (Å²) < 4.78 is 0. The van der Waals surface area contributed by atoms with Gasteiger partial charge in [-0.25, -0.2) is 4.79 Å². The average Bonchev–Trinajstić information content (AvgIpc) is 3.21. The van der Waals surface area contributed by atoms with Crippen LogP contribution in [0.25, 0.3) is 0 Å². The second-order valence-corrected chi connectivity index (χ2v) is 6.01. The van der Waals surface area contributed by atoms with Gasteiger partial charge in [-0.15, -0.1) is 0 Å². The monoisotopic (exact) mass is 268 g/mol. The molecule has 0 aromatic carbocycles. The van der Waals surface area contributed by atoms with Gasteiger partial charge in [0.1, 0.15) is 0 Å². The summed E-state index contributed by atoms with van der Waals surface area (Å²) in [5.41, 5.74) is 5.43. The van der Waals surface area contributed by atoms with Crippen LogP contribution in [0.1, 0.15) is 19.8 Å². The van der Waals surface area contributed by atoms with Gasteiger partial charge in [-0.2, -0.15) is 0 Å². The number of carbonyl (C=O) groups is 2. The van der Waals surface area contributed by atoms with Gasteiger partial charge in [0.25, 0.3) is 0 Å². The van der Waals surface area contributed by atoms with Gasteiger partial charge in [0, 0.05) is 40.3 Å². The molecule has 0 radical (unpaired) electrons. The first kappa shape index (κ1) is 14.1. The molecule has 2 N–H and O–H groups in total. The molecular formula is C13H24N4O2. The van der Waals surface area contributed by atoms with Gasteiger partial charge in [0.05, 0.1) is 5.54 Å². The molecule has 0 aromatic rings. The van der Waals surface area contributed by atoms with Crippen molar-refractivity contribution in [2.75, 3.05) is 40.3 Å². The molecule has 108 valence electrons. The number of rotatable bonds is 2. The topological polar surface area (TPSA) is 69.9 Å². The molecule has 1 atom stereocenters. The lowest BCUT2D eigenvalue weighted by Crippen LogP contribution is -2.60. The first-order chi connectivity index (χ1) is 8.84. The van der Waals surface area contributed by atoms with Crippen molar-refractivity contribution in [1.29, 1.82) is 0 Å². The number of hydrogen-bond donors (Lipinski definition) is 1. The lowest BCUT2D eigenvalue weighted by molar-refractivity contribution is -0.138. The molecule has 2 fully saturated rings. The third-order valence-corrected chi connectivity index (χ3v) is 4.11. The van der Waals surface area contributed by atoms with Crippen molar-refractivity contribution < 1.29 is 9.59 Å². The van der Waals surface area contributed by atoms with Crippen molar-refractivity contribution >= 4 is 11.9 Å². The number of carbonyl (C=O) groups excluding carboxylic acids is 2. The number of amides is 3. The lowest BCUT2D eigenvalue weighted by atomic mass is 9.95. The summed E-state index contributed by atoms with van der Waals surface area (Å²) in [7, 11) is 3.48. The maximum absolute atomic E-state index is 12.4. The fraction of sp³-hybridized carbons (Fsp3) is 0.846. The standard InChI is InChI=1S/C13H24N4O2/c1-13(14,10-4-5-10)11(18)16-6-8-17(9-7-16)12(19)15(2)3/h10H,4-9,14H2,1-3H3. The minimum atomic E-state index is -0.728. The van der Waals surface area contributed by atoms with E-state index in [9.17, 15) is 9.59 Å². The maximum atomic E-state index is 12.4. The zero-order valence-corrected chi connectivity index (χ0v) is 12.1. The Bertz CT molecular complexity index is 369. The number of nitrogens with two attached hydrogens (primary N) is 1. The van der Waals surface area contributed by atoms with E-state index < -0.39 is 5.54 Å². The minimum absolute atomic E-state index is 0.00445. The van der Waals surface area contributed by atoms with Gasteiger partial charge in [0.2, 0.25) is 5.91 Å². The Morgan fingerprint density at radius 3 is 2.00 bits per heavy atom. The molecule has 0 bridgehead atoms. The molecular weight excluding hydrogens is 244 g/mol. The van der Waals surface area contributed by atoms with E-state index in [0.29, 0.717) is 32.1 Å². The highest BCUT2D eigenvalue weighted by Gasteiger charge is 2.46. The van der Waals surface area contributed by atoms with Crippen LogP contribution >= 0.6 is 0 Å². The quantitative estimate of drug-likeness (QED) is 0.763. The van der Waals surface area contributed by atoms with Crippen molar-refractivity contribution in [3.05, 3.63) is 0 Å². The van der Waals surface area contributed by atoms with Gasteiger partial charge < -0.3 is 20.4 Å². The van der Waals surface area contributed by atoms with Crippen LogP contribution in [0.3, 0.4) is 0 Å². The summed E-state index contributed by atoms with van der Waals surface area (Å²) in [6.07, 6.45) is 2.11. The largest absolute Gasteiger partial charge is 0.338 e. The highest BCUT2D eigenvalue weighted by Crippen LogP contribution is 2.39. The molecule has 3 amide bonds. The van der Waals surface area contributed by atoms with Crippen LogP contribution in [-0.4, -0.2) is 72.5 Å². The van der Waals surface area contributed by atoms with Gasteiger partial charge in [0.15, 0.2) is 0 Å². The van der Waals surface area contributed by atoms with E-state index in [2.05, 4.69) is 0 Å². The normalized spacial score (nSPS) is 22.9.